The third-order valence-electron chi connectivity index (χ3n) is 3.91. The Kier molecular flexibility index (Phi) is 3.43. The van der Waals surface area contributed by atoms with E-state index in [1.165, 1.54) is 0 Å². The number of benzene rings is 1. The topological polar surface area (TPSA) is 79.3 Å². The van der Waals surface area contributed by atoms with Gasteiger partial charge < -0.3 is 5.11 Å². The normalized spacial score (nSPS) is 18.9. The van der Waals surface area contributed by atoms with Gasteiger partial charge in [0, 0.05) is 17.5 Å². The summed E-state index contributed by atoms with van der Waals surface area (Å²) in [5, 5.41) is 12.5. The Bertz CT molecular complexity index is 740. The van der Waals surface area contributed by atoms with E-state index in [9.17, 15) is 14.7 Å². The summed E-state index contributed by atoms with van der Waals surface area (Å²) in [6.07, 6.45) is 0.880. The zero-order chi connectivity index (χ0) is 15.0. The minimum Gasteiger partial charge on any atom is -0.392 e. The molecule has 1 aliphatic rings. The molecule has 2 heterocycles. The predicted octanol–water partition coefficient (Wildman–Crippen LogP) is 1.56. The third-order valence-corrected chi connectivity index (χ3v) is 3.91. The van der Waals surface area contributed by atoms with Gasteiger partial charge in [-0.25, -0.2) is 0 Å². The number of nitrogens with zero attached hydrogens (tertiary/aromatic N) is 1. The second kappa shape index (κ2) is 5.26. The van der Waals surface area contributed by atoms with Crippen LogP contribution in [-0.4, -0.2) is 21.9 Å². The van der Waals surface area contributed by atoms with Crippen LogP contribution >= 0.6 is 0 Å². The van der Waals surface area contributed by atoms with Gasteiger partial charge in [-0.2, -0.15) is 0 Å². The second-order valence-corrected chi connectivity index (χ2v) is 5.35. The maximum Gasteiger partial charge on any atom is 0.234 e. The molecular formula is C16H16N2O3. The lowest BCUT2D eigenvalue weighted by Crippen LogP contribution is -2.39. The zero-order valence-corrected chi connectivity index (χ0v) is 11.7. The van der Waals surface area contributed by atoms with Crippen molar-refractivity contribution in [2.45, 2.75) is 32.3 Å². The first-order valence-electron chi connectivity index (χ1n) is 6.93. The fourth-order valence-electron chi connectivity index (χ4n) is 2.77. The number of hydrogen-bond donors (Lipinski definition) is 2. The Balaban J connectivity index is 2.05. The zero-order valence-electron chi connectivity index (χ0n) is 11.7. The third kappa shape index (κ3) is 2.52. The number of imide groups is 1. The molecule has 108 valence electrons. The van der Waals surface area contributed by atoms with Crippen LogP contribution in [-0.2, 0) is 16.2 Å². The summed E-state index contributed by atoms with van der Waals surface area (Å²) in [4.78, 5) is 27.8. The molecule has 0 saturated carbocycles. The van der Waals surface area contributed by atoms with Gasteiger partial charge in [0.05, 0.1) is 18.0 Å². The average molecular weight is 284 g/mol. The summed E-state index contributed by atoms with van der Waals surface area (Å²) < 4.78 is 0. The molecule has 2 N–H and O–H groups in total. The number of aliphatic hydroxyl groups is 1. The molecule has 0 radical (unpaired) electrons. The van der Waals surface area contributed by atoms with E-state index in [-0.39, 0.29) is 24.3 Å². The molecule has 0 spiro atoms. The molecule has 1 unspecified atom stereocenters. The summed E-state index contributed by atoms with van der Waals surface area (Å²) in [5.74, 6) is -0.783. The molecule has 1 aromatic heterocycles. The van der Waals surface area contributed by atoms with E-state index in [2.05, 4.69) is 10.3 Å². The van der Waals surface area contributed by atoms with Crippen LogP contribution in [0.1, 0.15) is 35.6 Å². The highest BCUT2D eigenvalue weighted by atomic mass is 16.3. The van der Waals surface area contributed by atoms with Crippen LogP contribution in [0.3, 0.4) is 0 Å². The van der Waals surface area contributed by atoms with Crippen molar-refractivity contribution in [3.05, 3.63) is 41.1 Å². The van der Waals surface area contributed by atoms with Gasteiger partial charge in [-0.05, 0) is 36.6 Å². The molecule has 1 aromatic carbocycles. The van der Waals surface area contributed by atoms with Crippen molar-refractivity contribution in [3.8, 4) is 0 Å². The number of rotatable bonds is 2. The Morgan fingerprint density at radius 1 is 1.33 bits per heavy atom. The quantitative estimate of drug-likeness (QED) is 0.820. The standard InChI is InChI=1S/C16H16N2O3/c1-9-13(12-4-5-15(20)18-16(12)21)7-11-3-2-10(8-19)6-14(11)17-9/h2-3,6-7,12,19H,4-5,8H2,1H3,(H,18,20,21). The summed E-state index contributed by atoms with van der Waals surface area (Å²) in [7, 11) is 0. The maximum absolute atomic E-state index is 12.0. The van der Waals surface area contributed by atoms with Gasteiger partial charge in [0.25, 0.3) is 0 Å². The van der Waals surface area contributed by atoms with Crippen LogP contribution < -0.4 is 5.32 Å². The molecule has 5 nitrogen and oxygen atoms in total. The Morgan fingerprint density at radius 3 is 2.86 bits per heavy atom. The van der Waals surface area contributed by atoms with Crippen molar-refractivity contribution >= 4 is 22.7 Å². The van der Waals surface area contributed by atoms with Crippen LogP contribution in [0.5, 0.6) is 0 Å². The molecule has 21 heavy (non-hydrogen) atoms. The monoisotopic (exact) mass is 284 g/mol. The van der Waals surface area contributed by atoms with Crippen LogP contribution in [0.2, 0.25) is 0 Å². The highest BCUT2D eigenvalue weighted by Gasteiger charge is 2.29. The van der Waals surface area contributed by atoms with E-state index < -0.39 is 0 Å². The first-order chi connectivity index (χ1) is 10.1. The molecule has 3 rings (SSSR count). The molecule has 1 atom stereocenters. The SMILES string of the molecule is Cc1nc2cc(CO)ccc2cc1C1CCC(=O)NC1=O. The molecule has 0 bridgehead atoms. The van der Waals surface area contributed by atoms with Crippen LogP contribution in [0, 0.1) is 6.92 Å². The number of aromatic nitrogens is 1. The number of amides is 2. The molecule has 1 saturated heterocycles. The van der Waals surface area contributed by atoms with Crippen LogP contribution in [0.25, 0.3) is 10.9 Å². The maximum atomic E-state index is 12.0. The van der Waals surface area contributed by atoms with Gasteiger partial charge in [-0.15, -0.1) is 0 Å². The van der Waals surface area contributed by atoms with Crippen LogP contribution in [0.4, 0.5) is 0 Å². The molecule has 1 fully saturated rings. The second-order valence-electron chi connectivity index (χ2n) is 5.35. The minimum absolute atomic E-state index is 0.0223. The highest BCUT2D eigenvalue weighted by Crippen LogP contribution is 2.29. The molecule has 5 heteroatoms. The van der Waals surface area contributed by atoms with Crippen molar-refractivity contribution in [2.75, 3.05) is 0 Å². The summed E-state index contributed by atoms with van der Waals surface area (Å²) in [6, 6.07) is 7.53. The van der Waals surface area contributed by atoms with Crippen molar-refractivity contribution in [3.63, 3.8) is 0 Å². The molecule has 0 aliphatic carbocycles. The number of piperidine rings is 1. The van der Waals surface area contributed by atoms with Gasteiger partial charge in [0.1, 0.15) is 0 Å². The fourth-order valence-corrected chi connectivity index (χ4v) is 2.77. The summed E-state index contributed by atoms with van der Waals surface area (Å²) >= 11 is 0. The van der Waals surface area contributed by atoms with Gasteiger partial charge >= 0.3 is 0 Å². The van der Waals surface area contributed by atoms with Gasteiger partial charge in [0.15, 0.2) is 0 Å². The minimum atomic E-state index is -0.322. The molecule has 2 amide bonds. The van der Waals surface area contributed by atoms with Gasteiger partial charge in [0.2, 0.25) is 11.8 Å². The fraction of sp³-hybridized carbons (Fsp3) is 0.312. The van der Waals surface area contributed by atoms with E-state index in [1.54, 1.807) is 0 Å². The molecule has 2 aromatic rings. The number of aliphatic hydroxyl groups excluding tert-OH is 1. The Labute approximate surface area is 122 Å². The van der Waals surface area contributed by atoms with E-state index in [4.69, 9.17) is 0 Å². The van der Waals surface area contributed by atoms with Crippen molar-refractivity contribution in [1.82, 2.24) is 10.3 Å². The van der Waals surface area contributed by atoms with Crippen molar-refractivity contribution < 1.29 is 14.7 Å². The Morgan fingerprint density at radius 2 is 2.14 bits per heavy atom. The lowest BCUT2D eigenvalue weighted by molar-refractivity contribution is -0.134. The average Bonchev–Trinajstić information content (AvgIpc) is 2.46. The lowest BCUT2D eigenvalue weighted by atomic mass is 9.89. The highest BCUT2D eigenvalue weighted by molar-refractivity contribution is 6.01. The Hall–Kier alpha value is -2.27. The van der Waals surface area contributed by atoms with Gasteiger partial charge in [-0.3, -0.25) is 19.9 Å². The van der Waals surface area contributed by atoms with E-state index in [0.717, 1.165) is 27.7 Å². The van der Waals surface area contributed by atoms with E-state index >= 15 is 0 Å². The molecule has 1 aliphatic heterocycles. The summed E-state index contributed by atoms with van der Waals surface area (Å²) in [5.41, 5.74) is 3.26. The number of aryl methyl sites for hydroxylation is 1. The first kappa shape index (κ1) is 13.7. The number of fused-ring (bicyclic) bond motifs is 1. The number of nitrogens with one attached hydrogen (secondary N) is 1. The van der Waals surface area contributed by atoms with E-state index in [1.807, 2.05) is 31.2 Å². The number of hydrogen-bond acceptors (Lipinski definition) is 4. The number of carbonyl (C=O) groups is 2. The number of carbonyl (C=O) groups excluding carboxylic acids is 2. The summed E-state index contributed by atoms with van der Waals surface area (Å²) in [6.45, 7) is 1.84. The first-order valence-corrected chi connectivity index (χ1v) is 6.93. The lowest BCUT2D eigenvalue weighted by Gasteiger charge is -2.22. The van der Waals surface area contributed by atoms with Crippen LogP contribution in [0.15, 0.2) is 24.3 Å². The van der Waals surface area contributed by atoms with Crippen molar-refractivity contribution in [2.24, 2.45) is 0 Å². The number of pyridine rings is 1. The predicted molar refractivity (Wildman–Crippen MR) is 77.5 cm³/mol. The largest absolute Gasteiger partial charge is 0.392 e. The van der Waals surface area contributed by atoms with Crippen molar-refractivity contribution in [1.29, 1.82) is 0 Å². The van der Waals surface area contributed by atoms with E-state index in [0.29, 0.717) is 12.8 Å². The smallest absolute Gasteiger partial charge is 0.234 e. The van der Waals surface area contributed by atoms with Gasteiger partial charge in [-0.1, -0.05) is 12.1 Å². The molecular weight excluding hydrogens is 268 g/mol.